The number of ether oxygens (including phenoxy) is 2. The molecule has 1 saturated heterocycles. The van der Waals surface area contributed by atoms with E-state index in [1.165, 1.54) is 11.0 Å². The summed E-state index contributed by atoms with van der Waals surface area (Å²) in [6.45, 7) is 0.800. The first-order valence-electron chi connectivity index (χ1n) is 8.82. The van der Waals surface area contributed by atoms with Crippen LogP contribution in [0, 0.1) is 0 Å². The lowest BCUT2D eigenvalue weighted by atomic mass is 9.94. The van der Waals surface area contributed by atoms with E-state index in [2.05, 4.69) is 5.32 Å². The molecular formula is C18H22N2O5. The molecule has 1 amide bonds. The van der Waals surface area contributed by atoms with Crippen molar-refractivity contribution < 1.29 is 18.7 Å². The summed E-state index contributed by atoms with van der Waals surface area (Å²) in [6, 6.07) is 7.06. The van der Waals surface area contributed by atoms with Gasteiger partial charge in [0.25, 0.3) is 0 Å². The summed E-state index contributed by atoms with van der Waals surface area (Å²) in [4.78, 5) is 24.1. The Hall–Kier alpha value is -2.12. The van der Waals surface area contributed by atoms with Crippen LogP contribution in [0.2, 0.25) is 0 Å². The molecule has 25 heavy (non-hydrogen) atoms. The van der Waals surface area contributed by atoms with Gasteiger partial charge in [-0.05, 0) is 25.0 Å². The van der Waals surface area contributed by atoms with Crippen LogP contribution in [0.1, 0.15) is 32.1 Å². The van der Waals surface area contributed by atoms with Crippen LogP contribution >= 0.6 is 0 Å². The average molecular weight is 346 g/mol. The van der Waals surface area contributed by atoms with Gasteiger partial charge in [-0.1, -0.05) is 18.6 Å². The second-order valence-corrected chi connectivity index (χ2v) is 6.75. The maximum Gasteiger partial charge on any atom is 0.420 e. The second kappa shape index (κ2) is 6.65. The van der Waals surface area contributed by atoms with Crippen molar-refractivity contribution in [2.75, 3.05) is 13.2 Å². The van der Waals surface area contributed by atoms with Crippen LogP contribution in [-0.4, -0.2) is 35.5 Å². The largest absolute Gasteiger partial charge is 0.420 e. The van der Waals surface area contributed by atoms with E-state index in [1.54, 1.807) is 24.3 Å². The number of fused-ring (bicyclic) bond motifs is 1. The molecular weight excluding hydrogens is 324 g/mol. The van der Waals surface area contributed by atoms with E-state index in [-0.39, 0.29) is 18.6 Å². The van der Waals surface area contributed by atoms with E-state index in [1.807, 2.05) is 0 Å². The molecule has 134 valence electrons. The number of hydrogen-bond donors (Lipinski definition) is 1. The van der Waals surface area contributed by atoms with Crippen molar-refractivity contribution in [2.45, 2.75) is 50.5 Å². The molecule has 0 unspecified atom stereocenters. The maximum absolute atomic E-state index is 12.2. The van der Waals surface area contributed by atoms with Crippen LogP contribution in [-0.2, 0) is 20.8 Å². The van der Waals surface area contributed by atoms with Gasteiger partial charge in [0.15, 0.2) is 11.4 Å². The molecule has 4 rings (SSSR count). The van der Waals surface area contributed by atoms with Gasteiger partial charge in [-0.25, -0.2) is 4.79 Å². The van der Waals surface area contributed by atoms with Gasteiger partial charge in [0.2, 0.25) is 5.91 Å². The Morgan fingerprint density at radius 2 is 2.04 bits per heavy atom. The van der Waals surface area contributed by atoms with Crippen LogP contribution in [0.3, 0.4) is 0 Å². The smallest absolute Gasteiger partial charge is 0.408 e. The van der Waals surface area contributed by atoms with Gasteiger partial charge in [-0.2, -0.15) is 0 Å². The molecule has 2 heterocycles. The highest BCUT2D eigenvalue weighted by atomic mass is 16.7. The molecule has 7 heteroatoms. The van der Waals surface area contributed by atoms with E-state index in [4.69, 9.17) is 13.9 Å². The molecule has 1 saturated carbocycles. The molecule has 0 bridgehead atoms. The van der Waals surface area contributed by atoms with E-state index in [9.17, 15) is 9.59 Å². The molecule has 1 N–H and O–H groups in total. The Kier molecular flexibility index (Phi) is 4.35. The van der Waals surface area contributed by atoms with Crippen LogP contribution < -0.4 is 11.1 Å². The lowest BCUT2D eigenvalue weighted by Gasteiger charge is -2.31. The Labute approximate surface area is 144 Å². The molecule has 1 spiro atoms. The predicted octanol–water partition coefficient (Wildman–Crippen LogP) is 1.79. The topological polar surface area (TPSA) is 82.7 Å². The number of nitrogens with zero attached hydrogens (tertiary/aromatic N) is 1. The number of oxazole rings is 1. The van der Waals surface area contributed by atoms with Gasteiger partial charge in [0, 0.05) is 19.4 Å². The van der Waals surface area contributed by atoms with Crippen molar-refractivity contribution in [3.63, 3.8) is 0 Å². The second-order valence-electron chi connectivity index (χ2n) is 6.75. The number of para-hydroxylation sites is 2. The average Bonchev–Trinajstić information content (AvgIpc) is 3.15. The maximum atomic E-state index is 12.2. The third-order valence-corrected chi connectivity index (χ3v) is 4.93. The molecule has 2 aliphatic rings. The summed E-state index contributed by atoms with van der Waals surface area (Å²) in [7, 11) is 0. The van der Waals surface area contributed by atoms with Crippen molar-refractivity contribution in [1.29, 1.82) is 0 Å². The minimum Gasteiger partial charge on any atom is -0.408 e. The first-order valence-corrected chi connectivity index (χ1v) is 8.82. The number of nitrogens with one attached hydrogen (secondary N) is 1. The fourth-order valence-corrected chi connectivity index (χ4v) is 3.66. The summed E-state index contributed by atoms with van der Waals surface area (Å²) in [6.07, 6.45) is 5.18. The number of carbonyl (C=O) groups is 1. The van der Waals surface area contributed by atoms with Gasteiger partial charge >= 0.3 is 5.76 Å². The zero-order valence-corrected chi connectivity index (χ0v) is 14.0. The van der Waals surface area contributed by atoms with Gasteiger partial charge in [-0.3, -0.25) is 9.36 Å². The Balaban J connectivity index is 1.34. The van der Waals surface area contributed by atoms with Crippen molar-refractivity contribution in [1.82, 2.24) is 9.88 Å². The van der Waals surface area contributed by atoms with E-state index >= 15 is 0 Å². The molecule has 1 aromatic heterocycles. The number of hydrogen-bond acceptors (Lipinski definition) is 5. The summed E-state index contributed by atoms with van der Waals surface area (Å²) in [5.41, 5.74) is 1.09. The summed E-state index contributed by atoms with van der Waals surface area (Å²) in [5.74, 6) is -1.22. The van der Waals surface area contributed by atoms with Gasteiger partial charge in [0.1, 0.15) is 12.6 Å². The zero-order valence-electron chi connectivity index (χ0n) is 14.0. The monoisotopic (exact) mass is 346 g/mol. The Bertz CT molecular complexity index is 818. The lowest BCUT2D eigenvalue weighted by molar-refractivity contribution is -0.186. The van der Waals surface area contributed by atoms with Crippen LogP contribution in [0.25, 0.3) is 11.1 Å². The highest BCUT2D eigenvalue weighted by Crippen LogP contribution is 2.37. The number of carbonyl (C=O) groups excluding carboxylic acids is 1. The Morgan fingerprint density at radius 3 is 2.88 bits per heavy atom. The summed E-state index contributed by atoms with van der Waals surface area (Å²) in [5, 5.41) is 2.83. The molecule has 1 aliphatic heterocycles. The van der Waals surface area contributed by atoms with Gasteiger partial charge in [0.05, 0.1) is 12.1 Å². The summed E-state index contributed by atoms with van der Waals surface area (Å²) < 4.78 is 18.4. The third kappa shape index (κ3) is 3.34. The van der Waals surface area contributed by atoms with Crippen molar-refractivity contribution in [3.8, 4) is 0 Å². The first kappa shape index (κ1) is 16.4. The van der Waals surface area contributed by atoms with Gasteiger partial charge < -0.3 is 19.2 Å². The molecule has 1 atom stereocenters. The third-order valence-electron chi connectivity index (χ3n) is 4.93. The van der Waals surface area contributed by atoms with Gasteiger partial charge in [-0.15, -0.1) is 0 Å². The van der Waals surface area contributed by atoms with Crippen molar-refractivity contribution in [3.05, 3.63) is 34.8 Å². The normalized spacial score (nSPS) is 22.5. The standard InChI is InChI=1S/C18H22N2O5/c21-16(11-20-14-6-2-3-7-15(14)24-17(20)22)19-10-13-12-23-18(25-13)8-4-1-5-9-18/h2-3,6-7,13H,1,4-5,8-12H2,(H,19,21)/t13-/m0/s1. The number of rotatable bonds is 4. The van der Waals surface area contributed by atoms with E-state index in [0.29, 0.717) is 24.3 Å². The van der Waals surface area contributed by atoms with Crippen molar-refractivity contribution >= 4 is 17.0 Å². The highest BCUT2D eigenvalue weighted by Gasteiger charge is 2.42. The van der Waals surface area contributed by atoms with Crippen LogP contribution in [0.15, 0.2) is 33.5 Å². The quantitative estimate of drug-likeness (QED) is 0.912. The zero-order chi connectivity index (χ0) is 17.3. The number of aromatic nitrogens is 1. The molecule has 2 fully saturated rings. The SMILES string of the molecule is O=C(Cn1c(=O)oc2ccccc21)NC[C@H]1COC2(CCCCC2)O1. The summed E-state index contributed by atoms with van der Waals surface area (Å²) >= 11 is 0. The molecule has 7 nitrogen and oxygen atoms in total. The van der Waals surface area contributed by atoms with E-state index < -0.39 is 11.5 Å². The predicted molar refractivity (Wildman–Crippen MR) is 90.1 cm³/mol. The fourth-order valence-electron chi connectivity index (χ4n) is 3.66. The first-order chi connectivity index (χ1) is 12.2. The van der Waals surface area contributed by atoms with Crippen LogP contribution in [0.5, 0.6) is 0 Å². The molecule has 1 aliphatic carbocycles. The number of benzene rings is 1. The van der Waals surface area contributed by atoms with Crippen molar-refractivity contribution in [2.24, 2.45) is 0 Å². The van der Waals surface area contributed by atoms with Crippen LogP contribution in [0.4, 0.5) is 0 Å². The minimum atomic E-state index is -0.530. The lowest BCUT2D eigenvalue weighted by Crippen LogP contribution is -2.38. The minimum absolute atomic E-state index is 0.0748. The molecule has 2 aromatic rings. The fraction of sp³-hybridized carbons (Fsp3) is 0.556. The molecule has 1 aromatic carbocycles. The highest BCUT2D eigenvalue weighted by molar-refractivity contribution is 5.79. The Morgan fingerprint density at radius 1 is 1.24 bits per heavy atom. The number of amides is 1. The van der Waals surface area contributed by atoms with E-state index in [0.717, 1.165) is 25.7 Å². The molecule has 0 radical (unpaired) electrons.